The third kappa shape index (κ3) is 3.61. The van der Waals surface area contributed by atoms with E-state index in [0.717, 1.165) is 17.5 Å². The van der Waals surface area contributed by atoms with Crippen LogP contribution in [0.15, 0.2) is 47.9 Å². The minimum atomic E-state index is -0.231. The molecule has 0 aromatic carbocycles. The van der Waals surface area contributed by atoms with Crippen LogP contribution in [0.5, 0.6) is 0 Å². The van der Waals surface area contributed by atoms with Gasteiger partial charge in [-0.05, 0) is 19.1 Å². The molecule has 4 heterocycles. The van der Waals surface area contributed by atoms with E-state index in [4.69, 9.17) is 0 Å². The van der Waals surface area contributed by atoms with Crippen LogP contribution in [-0.2, 0) is 11.3 Å². The number of aryl methyl sites for hydroxylation is 1. The third-order valence-corrected chi connectivity index (χ3v) is 4.76. The summed E-state index contributed by atoms with van der Waals surface area (Å²) < 4.78 is 3.19. The molecular weight excluding hydrogens is 360 g/mol. The average Bonchev–Trinajstić information content (AvgIpc) is 3.16. The quantitative estimate of drug-likeness (QED) is 0.622. The summed E-state index contributed by atoms with van der Waals surface area (Å²) in [5.74, 6) is 2.25. The topological polar surface area (TPSA) is 102 Å². The molecular formula is C18H20N8O2. The summed E-state index contributed by atoms with van der Waals surface area (Å²) in [5.41, 5.74) is -0.231. The highest BCUT2D eigenvalue weighted by atomic mass is 16.2. The first-order valence-corrected chi connectivity index (χ1v) is 8.99. The molecule has 1 aliphatic rings. The molecule has 0 N–H and O–H groups in total. The lowest BCUT2D eigenvalue weighted by Gasteiger charge is -2.35. The van der Waals surface area contributed by atoms with E-state index in [-0.39, 0.29) is 18.0 Å². The van der Waals surface area contributed by atoms with Gasteiger partial charge in [0.05, 0.1) is 6.33 Å². The van der Waals surface area contributed by atoms with Gasteiger partial charge in [0.15, 0.2) is 11.6 Å². The van der Waals surface area contributed by atoms with Gasteiger partial charge in [0.2, 0.25) is 5.91 Å². The Kier molecular flexibility index (Phi) is 4.83. The molecule has 0 aliphatic carbocycles. The summed E-state index contributed by atoms with van der Waals surface area (Å²) in [4.78, 5) is 36.1. The van der Waals surface area contributed by atoms with Crippen molar-refractivity contribution < 1.29 is 4.79 Å². The summed E-state index contributed by atoms with van der Waals surface area (Å²) in [6, 6.07) is 5.18. The number of piperazine rings is 1. The van der Waals surface area contributed by atoms with Crippen molar-refractivity contribution in [2.75, 3.05) is 31.1 Å². The SMILES string of the molecule is Cc1nccn1-c1ccc(N2CCN(C(=O)Cn3cnccc3=O)CC2)nn1. The van der Waals surface area contributed by atoms with E-state index in [2.05, 4.69) is 25.1 Å². The fourth-order valence-corrected chi connectivity index (χ4v) is 3.16. The minimum absolute atomic E-state index is 0.00539. The van der Waals surface area contributed by atoms with Gasteiger partial charge in [-0.1, -0.05) is 0 Å². The average molecular weight is 380 g/mol. The molecule has 3 aromatic rings. The molecule has 0 radical (unpaired) electrons. The molecule has 10 heteroatoms. The van der Waals surface area contributed by atoms with Gasteiger partial charge in [-0.3, -0.25) is 18.7 Å². The lowest BCUT2D eigenvalue weighted by molar-refractivity contribution is -0.132. The van der Waals surface area contributed by atoms with E-state index in [1.807, 2.05) is 29.8 Å². The number of anilines is 1. The number of imidazole rings is 1. The van der Waals surface area contributed by atoms with Gasteiger partial charge in [-0.2, -0.15) is 0 Å². The molecule has 1 fully saturated rings. The molecule has 1 amide bonds. The van der Waals surface area contributed by atoms with Crippen LogP contribution in [0, 0.1) is 6.92 Å². The van der Waals surface area contributed by atoms with E-state index >= 15 is 0 Å². The predicted octanol–water partition coefficient (Wildman–Crippen LogP) is -0.124. The van der Waals surface area contributed by atoms with Gasteiger partial charge in [-0.25, -0.2) is 9.97 Å². The van der Waals surface area contributed by atoms with E-state index in [9.17, 15) is 9.59 Å². The van der Waals surface area contributed by atoms with Gasteiger partial charge in [0.25, 0.3) is 5.56 Å². The molecule has 0 unspecified atom stereocenters. The Morgan fingerprint density at radius 2 is 1.79 bits per heavy atom. The summed E-state index contributed by atoms with van der Waals surface area (Å²) >= 11 is 0. The van der Waals surface area contributed by atoms with Crippen LogP contribution >= 0.6 is 0 Å². The van der Waals surface area contributed by atoms with Gasteiger partial charge < -0.3 is 9.80 Å². The minimum Gasteiger partial charge on any atom is -0.352 e. The zero-order valence-electron chi connectivity index (χ0n) is 15.5. The van der Waals surface area contributed by atoms with Crippen molar-refractivity contribution in [1.29, 1.82) is 0 Å². The van der Waals surface area contributed by atoms with Crippen LogP contribution in [0.3, 0.4) is 0 Å². The second-order valence-corrected chi connectivity index (χ2v) is 6.51. The van der Waals surface area contributed by atoms with Crippen LogP contribution in [0.1, 0.15) is 5.82 Å². The molecule has 28 heavy (non-hydrogen) atoms. The summed E-state index contributed by atoms with van der Waals surface area (Å²) in [7, 11) is 0. The Bertz CT molecular complexity index is 1020. The fourth-order valence-electron chi connectivity index (χ4n) is 3.16. The zero-order valence-corrected chi connectivity index (χ0v) is 15.5. The number of carbonyl (C=O) groups excluding carboxylic acids is 1. The Labute approximate surface area is 161 Å². The number of hydrogen-bond donors (Lipinski definition) is 0. The van der Waals surface area contributed by atoms with E-state index in [1.54, 1.807) is 11.1 Å². The maximum atomic E-state index is 12.5. The highest BCUT2D eigenvalue weighted by Crippen LogP contribution is 2.15. The molecule has 0 atom stereocenters. The van der Waals surface area contributed by atoms with Gasteiger partial charge in [0, 0.05) is 50.8 Å². The van der Waals surface area contributed by atoms with Crippen LogP contribution < -0.4 is 10.5 Å². The first-order chi connectivity index (χ1) is 13.6. The molecule has 1 saturated heterocycles. The maximum absolute atomic E-state index is 12.5. The highest BCUT2D eigenvalue weighted by Gasteiger charge is 2.22. The first kappa shape index (κ1) is 17.8. The van der Waals surface area contributed by atoms with Crippen molar-refractivity contribution in [2.45, 2.75) is 13.5 Å². The standard InChI is InChI=1S/C18H20N8O2/c1-14-20-6-7-26(14)16-3-2-15(21-22-16)23-8-10-24(11-9-23)18(28)12-25-13-19-5-4-17(25)27/h2-7,13H,8-12H2,1H3. The molecule has 0 saturated carbocycles. The fraction of sp³-hybridized carbons (Fsp3) is 0.333. The van der Waals surface area contributed by atoms with Gasteiger partial charge in [0.1, 0.15) is 12.4 Å². The predicted molar refractivity (Wildman–Crippen MR) is 101 cm³/mol. The maximum Gasteiger partial charge on any atom is 0.253 e. The monoisotopic (exact) mass is 380 g/mol. The van der Waals surface area contributed by atoms with Crippen LogP contribution in [0.4, 0.5) is 5.82 Å². The van der Waals surface area contributed by atoms with Crippen molar-refractivity contribution in [3.63, 3.8) is 0 Å². The zero-order chi connectivity index (χ0) is 19.5. The smallest absolute Gasteiger partial charge is 0.253 e. The van der Waals surface area contributed by atoms with Crippen molar-refractivity contribution in [2.24, 2.45) is 0 Å². The van der Waals surface area contributed by atoms with E-state index in [1.165, 1.54) is 23.2 Å². The second kappa shape index (κ2) is 7.59. The van der Waals surface area contributed by atoms with E-state index in [0.29, 0.717) is 26.2 Å². The van der Waals surface area contributed by atoms with Gasteiger partial charge in [-0.15, -0.1) is 10.2 Å². The molecule has 10 nitrogen and oxygen atoms in total. The normalized spacial score (nSPS) is 14.3. The lowest BCUT2D eigenvalue weighted by atomic mass is 10.3. The second-order valence-electron chi connectivity index (χ2n) is 6.51. The van der Waals surface area contributed by atoms with Crippen LogP contribution in [-0.4, -0.2) is 66.3 Å². The van der Waals surface area contributed by atoms with Gasteiger partial charge >= 0.3 is 0 Å². The summed E-state index contributed by atoms with van der Waals surface area (Å²) in [5, 5.41) is 8.60. The Balaban J connectivity index is 1.36. The number of aromatic nitrogens is 6. The molecule has 1 aliphatic heterocycles. The third-order valence-electron chi connectivity index (χ3n) is 4.76. The number of nitrogens with zero attached hydrogens (tertiary/aromatic N) is 8. The summed E-state index contributed by atoms with van der Waals surface area (Å²) in [6.45, 7) is 4.37. The van der Waals surface area contributed by atoms with Crippen molar-refractivity contribution in [1.82, 2.24) is 34.2 Å². The summed E-state index contributed by atoms with van der Waals surface area (Å²) in [6.07, 6.45) is 6.37. The number of hydrogen-bond acceptors (Lipinski definition) is 7. The van der Waals surface area contributed by atoms with E-state index < -0.39 is 0 Å². The highest BCUT2D eigenvalue weighted by molar-refractivity contribution is 5.76. The number of carbonyl (C=O) groups is 1. The largest absolute Gasteiger partial charge is 0.352 e. The molecule has 4 rings (SSSR count). The molecule has 0 spiro atoms. The molecule has 144 valence electrons. The van der Waals surface area contributed by atoms with Crippen LogP contribution in [0.2, 0.25) is 0 Å². The number of rotatable bonds is 4. The Hall–Kier alpha value is -3.56. The van der Waals surface area contributed by atoms with Crippen molar-refractivity contribution >= 4 is 11.7 Å². The first-order valence-electron chi connectivity index (χ1n) is 8.99. The lowest BCUT2D eigenvalue weighted by Crippen LogP contribution is -2.50. The molecule has 3 aromatic heterocycles. The Morgan fingerprint density at radius 3 is 2.43 bits per heavy atom. The van der Waals surface area contributed by atoms with Crippen molar-refractivity contribution in [3.05, 3.63) is 59.3 Å². The van der Waals surface area contributed by atoms with Crippen LogP contribution in [0.25, 0.3) is 5.82 Å². The molecule has 0 bridgehead atoms. The number of amides is 1. The Morgan fingerprint density at radius 1 is 1.04 bits per heavy atom. The van der Waals surface area contributed by atoms with Crippen molar-refractivity contribution in [3.8, 4) is 5.82 Å².